The summed E-state index contributed by atoms with van der Waals surface area (Å²) in [5.41, 5.74) is 5.08. The molecule has 0 fully saturated rings. The van der Waals surface area contributed by atoms with E-state index in [0.29, 0.717) is 0 Å². The van der Waals surface area contributed by atoms with Crippen LogP contribution >= 0.6 is 22.9 Å². The first-order valence-electron chi connectivity index (χ1n) is 7.01. The minimum atomic E-state index is 0.258. The van der Waals surface area contributed by atoms with Gasteiger partial charge in [-0.25, -0.2) is 0 Å². The quantitative estimate of drug-likeness (QED) is 0.804. The molecule has 0 radical (unpaired) electrons. The molecule has 0 saturated carbocycles. The maximum atomic E-state index is 6.23. The molecule has 1 nitrogen and oxygen atoms in total. The summed E-state index contributed by atoms with van der Waals surface area (Å²) in [5.74, 6) is 0. The largest absolute Gasteiger partial charge is 0.306 e. The second kappa shape index (κ2) is 6.30. The molecule has 0 aliphatic rings. The molecular formula is C17H22ClNS. The number of thiophene rings is 1. The van der Waals surface area contributed by atoms with Crippen molar-refractivity contribution in [2.75, 3.05) is 6.54 Å². The summed E-state index contributed by atoms with van der Waals surface area (Å²) in [6, 6.07) is 6.85. The first-order valence-corrected chi connectivity index (χ1v) is 8.20. The van der Waals surface area contributed by atoms with Crippen molar-refractivity contribution in [2.45, 2.75) is 40.7 Å². The minimum absolute atomic E-state index is 0.258. The Morgan fingerprint density at radius 1 is 1.05 bits per heavy atom. The first-order chi connectivity index (χ1) is 9.43. The van der Waals surface area contributed by atoms with Crippen molar-refractivity contribution >= 4 is 22.9 Å². The highest BCUT2D eigenvalue weighted by Gasteiger charge is 2.19. The van der Waals surface area contributed by atoms with Crippen molar-refractivity contribution in [3.05, 3.63) is 55.2 Å². The summed E-state index contributed by atoms with van der Waals surface area (Å²) < 4.78 is 0. The summed E-state index contributed by atoms with van der Waals surface area (Å²) in [7, 11) is 0. The van der Waals surface area contributed by atoms with E-state index in [9.17, 15) is 0 Å². The van der Waals surface area contributed by atoms with E-state index < -0.39 is 0 Å². The topological polar surface area (TPSA) is 12.0 Å². The van der Waals surface area contributed by atoms with Crippen LogP contribution in [0.25, 0.3) is 0 Å². The average molecular weight is 308 g/mol. The molecule has 0 aliphatic heterocycles. The van der Waals surface area contributed by atoms with Crippen LogP contribution in [0.1, 0.15) is 45.0 Å². The Labute approximate surface area is 131 Å². The van der Waals surface area contributed by atoms with Crippen LogP contribution in [0.2, 0.25) is 5.02 Å². The van der Waals surface area contributed by atoms with Gasteiger partial charge in [-0.3, -0.25) is 0 Å². The lowest BCUT2D eigenvalue weighted by molar-refractivity contribution is 0.636. The van der Waals surface area contributed by atoms with Gasteiger partial charge in [0.25, 0.3) is 0 Å². The molecule has 3 heteroatoms. The molecule has 2 rings (SSSR count). The van der Waals surface area contributed by atoms with Crippen molar-refractivity contribution in [3.63, 3.8) is 0 Å². The summed E-state index contributed by atoms with van der Waals surface area (Å²) in [6.07, 6.45) is 0. The highest BCUT2D eigenvalue weighted by atomic mass is 35.5. The van der Waals surface area contributed by atoms with Crippen LogP contribution in [-0.4, -0.2) is 6.54 Å². The lowest BCUT2D eigenvalue weighted by Crippen LogP contribution is -2.22. The lowest BCUT2D eigenvalue weighted by Gasteiger charge is -2.20. The van der Waals surface area contributed by atoms with E-state index in [-0.39, 0.29) is 6.04 Å². The monoisotopic (exact) mass is 307 g/mol. The number of hydrogen-bond acceptors (Lipinski definition) is 2. The molecular weight excluding hydrogens is 286 g/mol. The predicted octanol–water partition coefficient (Wildman–Crippen LogP) is 5.33. The van der Waals surface area contributed by atoms with Crippen LogP contribution in [0, 0.1) is 27.7 Å². The Hall–Kier alpha value is -0.830. The van der Waals surface area contributed by atoms with Crippen molar-refractivity contribution in [3.8, 4) is 0 Å². The van der Waals surface area contributed by atoms with Gasteiger partial charge in [-0.05, 0) is 68.6 Å². The van der Waals surface area contributed by atoms with Gasteiger partial charge in [0.05, 0.1) is 6.04 Å². The van der Waals surface area contributed by atoms with E-state index in [1.807, 2.05) is 11.3 Å². The Bertz CT molecular complexity index is 596. The van der Waals surface area contributed by atoms with E-state index >= 15 is 0 Å². The zero-order chi connectivity index (χ0) is 14.9. The van der Waals surface area contributed by atoms with Crippen molar-refractivity contribution < 1.29 is 0 Å². The molecule has 0 amide bonds. The molecule has 0 bridgehead atoms. The maximum Gasteiger partial charge on any atom is 0.0673 e. The Morgan fingerprint density at radius 3 is 2.30 bits per heavy atom. The molecule has 0 saturated heterocycles. The molecule has 0 aliphatic carbocycles. The van der Waals surface area contributed by atoms with Gasteiger partial charge in [0.2, 0.25) is 0 Å². The van der Waals surface area contributed by atoms with Crippen LogP contribution in [-0.2, 0) is 0 Å². The molecule has 1 unspecified atom stereocenters. The van der Waals surface area contributed by atoms with Crippen LogP contribution in [0.4, 0.5) is 0 Å². The fraction of sp³-hybridized carbons (Fsp3) is 0.412. The second-order valence-electron chi connectivity index (χ2n) is 5.34. The molecule has 0 spiro atoms. The standard InChI is InChI=1S/C17H22ClNS/c1-6-19-17(16-9-10(2)13(5)20-16)14-7-12(4)15(18)8-11(14)3/h7-9,17,19H,6H2,1-5H3. The number of aryl methyl sites for hydroxylation is 4. The normalized spacial score (nSPS) is 12.7. The van der Waals surface area contributed by atoms with Gasteiger partial charge in [0.15, 0.2) is 0 Å². The highest BCUT2D eigenvalue weighted by molar-refractivity contribution is 7.12. The third-order valence-corrected chi connectivity index (χ3v) is 5.36. The van der Waals surface area contributed by atoms with Crippen LogP contribution < -0.4 is 5.32 Å². The predicted molar refractivity (Wildman–Crippen MR) is 90.2 cm³/mol. The lowest BCUT2D eigenvalue weighted by atomic mass is 9.97. The van der Waals surface area contributed by atoms with Crippen molar-refractivity contribution in [1.29, 1.82) is 0 Å². The molecule has 2 aromatic rings. The van der Waals surface area contributed by atoms with Crippen molar-refractivity contribution in [1.82, 2.24) is 5.32 Å². The zero-order valence-electron chi connectivity index (χ0n) is 12.8. The van der Waals surface area contributed by atoms with E-state index in [4.69, 9.17) is 11.6 Å². The van der Waals surface area contributed by atoms with Gasteiger partial charge in [0, 0.05) is 14.8 Å². The smallest absolute Gasteiger partial charge is 0.0673 e. The highest BCUT2D eigenvalue weighted by Crippen LogP contribution is 2.34. The first kappa shape index (κ1) is 15.6. The summed E-state index contributed by atoms with van der Waals surface area (Å²) in [6.45, 7) is 11.7. The van der Waals surface area contributed by atoms with Crippen LogP contribution in [0.15, 0.2) is 18.2 Å². The van der Waals surface area contributed by atoms with E-state index in [1.165, 1.54) is 26.4 Å². The fourth-order valence-electron chi connectivity index (χ4n) is 2.43. The third kappa shape index (κ3) is 3.08. The second-order valence-corrected chi connectivity index (χ2v) is 7.03. The summed E-state index contributed by atoms with van der Waals surface area (Å²) in [4.78, 5) is 2.78. The van der Waals surface area contributed by atoms with E-state index in [1.54, 1.807) is 0 Å². The van der Waals surface area contributed by atoms with Crippen LogP contribution in [0.3, 0.4) is 0 Å². The zero-order valence-corrected chi connectivity index (χ0v) is 14.4. The fourth-order valence-corrected chi connectivity index (χ4v) is 3.78. The van der Waals surface area contributed by atoms with E-state index in [0.717, 1.165) is 17.1 Å². The molecule has 1 atom stereocenters. The van der Waals surface area contributed by atoms with Gasteiger partial charge in [-0.1, -0.05) is 24.6 Å². The molecule has 1 aromatic carbocycles. The number of halogens is 1. The Balaban J connectivity index is 2.50. The SMILES string of the molecule is CCNC(c1cc(C)c(C)s1)c1cc(C)c(Cl)cc1C. The molecule has 20 heavy (non-hydrogen) atoms. The van der Waals surface area contributed by atoms with Crippen LogP contribution in [0.5, 0.6) is 0 Å². The molecule has 1 aromatic heterocycles. The van der Waals surface area contributed by atoms with Gasteiger partial charge >= 0.3 is 0 Å². The Kier molecular flexibility index (Phi) is 4.90. The summed E-state index contributed by atoms with van der Waals surface area (Å²) in [5, 5.41) is 4.46. The Morgan fingerprint density at radius 2 is 1.75 bits per heavy atom. The number of benzene rings is 1. The van der Waals surface area contributed by atoms with E-state index in [2.05, 4.69) is 58.1 Å². The average Bonchev–Trinajstić information content (AvgIpc) is 2.71. The summed E-state index contributed by atoms with van der Waals surface area (Å²) >= 11 is 8.11. The van der Waals surface area contributed by atoms with Gasteiger partial charge in [0.1, 0.15) is 0 Å². The van der Waals surface area contributed by atoms with Gasteiger partial charge in [-0.2, -0.15) is 0 Å². The number of nitrogens with one attached hydrogen (secondary N) is 1. The molecule has 108 valence electrons. The molecule has 1 N–H and O–H groups in total. The minimum Gasteiger partial charge on any atom is -0.306 e. The third-order valence-electron chi connectivity index (χ3n) is 3.74. The molecule has 1 heterocycles. The van der Waals surface area contributed by atoms with Crippen molar-refractivity contribution in [2.24, 2.45) is 0 Å². The van der Waals surface area contributed by atoms with Gasteiger partial charge in [-0.15, -0.1) is 11.3 Å². The number of rotatable bonds is 4. The van der Waals surface area contributed by atoms with Gasteiger partial charge < -0.3 is 5.32 Å². The maximum absolute atomic E-state index is 6.23. The number of hydrogen-bond donors (Lipinski definition) is 1.